The molecule has 4 nitrogen and oxygen atoms in total. The highest BCUT2D eigenvalue weighted by molar-refractivity contribution is 5.41. The van der Waals surface area contributed by atoms with Crippen LogP contribution in [0.2, 0.25) is 0 Å². The van der Waals surface area contributed by atoms with Crippen molar-refractivity contribution >= 4 is 0 Å². The second kappa shape index (κ2) is 4.64. The van der Waals surface area contributed by atoms with E-state index in [-0.39, 0.29) is 0 Å². The molecule has 0 spiro atoms. The lowest BCUT2D eigenvalue weighted by molar-refractivity contribution is -0.213. The quantitative estimate of drug-likeness (QED) is 0.806. The van der Waals surface area contributed by atoms with Crippen LogP contribution in [-0.4, -0.2) is 32.2 Å². The van der Waals surface area contributed by atoms with Gasteiger partial charge in [0.05, 0.1) is 6.61 Å². The lowest BCUT2D eigenvalue weighted by atomic mass is 9.93. The smallest absolute Gasteiger partial charge is 0.189 e. The van der Waals surface area contributed by atoms with Crippen molar-refractivity contribution in [3.63, 3.8) is 0 Å². The van der Waals surface area contributed by atoms with Crippen molar-refractivity contribution in [3.05, 3.63) is 29.3 Å². The average molecular weight is 238 g/mol. The molecule has 0 saturated carbocycles. The largest absolute Gasteiger partial charge is 0.493 e. The van der Waals surface area contributed by atoms with E-state index in [4.69, 9.17) is 14.2 Å². The highest BCUT2D eigenvalue weighted by Crippen LogP contribution is 2.33. The summed E-state index contributed by atoms with van der Waals surface area (Å²) in [5, 5.41) is 10.5. The molecule has 1 aromatic carbocycles. The van der Waals surface area contributed by atoms with Gasteiger partial charge in [0, 0.05) is 20.6 Å². The molecule has 4 heteroatoms. The Morgan fingerprint density at radius 1 is 1.35 bits per heavy atom. The molecule has 1 atom stereocenters. The fourth-order valence-electron chi connectivity index (χ4n) is 2.19. The molecule has 1 aliphatic heterocycles. The molecule has 1 aliphatic rings. The highest BCUT2D eigenvalue weighted by atomic mass is 16.7. The highest BCUT2D eigenvalue weighted by Gasteiger charge is 2.35. The summed E-state index contributed by atoms with van der Waals surface area (Å²) in [5.41, 5.74) is 0.713. The van der Waals surface area contributed by atoms with Crippen LogP contribution < -0.4 is 4.74 Å². The van der Waals surface area contributed by atoms with Crippen molar-refractivity contribution in [1.29, 1.82) is 0 Å². The third kappa shape index (κ3) is 2.16. The lowest BCUT2D eigenvalue weighted by Gasteiger charge is -2.31. The van der Waals surface area contributed by atoms with Gasteiger partial charge in [-0.3, -0.25) is 0 Å². The fourth-order valence-corrected chi connectivity index (χ4v) is 2.19. The number of benzene rings is 1. The van der Waals surface area contributed by atoms with Crippen LogP contribution in [-0.2, 0) is 21.5 Å². The van der Waals surface area contributed by atoms with Gasteiger partial charge in [0.1, 0.15) is 11.4 Å². The first-order valence-electron chi connectivity index (χ1n) is 5.63. The monoisotopic (exact) mass is 238 g/mol. The Hall–Kier alpha value is -1.10. The number of ether oxygens (including phenoxy) is 3. The molecule has 0 radical (unpaired) electrons. The van der Waals surface area contributed by atoms with E-state index < -0.39 is 11.9 Å². The molecule has 0 aromatic heterocycles. The predicted molar refractivity (Wildman–Crippen MR) is 63.0 cm³/mol. The Bertz CT molecular complexity index is 396. The second-order valence-electron chi connectivity index (χ2n) is 4.37. The number of hydrogen-bond acceptors (Lipinski definition) is 4. The maximum absolute atomic E-state index is 10.5. The molecule has 0 aliphatic carbocycles. The van der Waals surface area contributed by atoms with Gasteiger partial charge >= 0.3 is 0 Å². The molecule has 1 unspecified atom stereocenters. The summed E-state index contributed by atoms with van der Waals surface area (Å²) in [5.74, 6) is 0.899. The summed E-state index contributed by atoms with van der Waals surface area (Å²) in [6.45, 7) is 2.39. The summed E-state index contributed by atoms with van der Waals surface area (Å²) in [4.78, 5) is 0. The molecule has 2 rings (SSSR count). The molecule has 94 valence electrons. The Kier molecular flexibility index (Phi) is 3.38. The van der Waals surface area contributed by atoms with E-state index in [9.17, 15) is 5.11 Å². The van der Waals surface area contributed by atoms with Crippen LogP contribution in [0, 0.1) is 0 Å². The summed E-state index contributed by atoms with van der Waals surface area (Å²) < 4.78 is 15.7. The number of fused-ring (bicyclic) bond motifs is 1. The van der Waals surface area contributed by atoms with Crippen molar-refractivity contribution in [1.82, 2.24) is 0 Å². The molecular weight excluding hydrogens is 220 g/mol. The van der Waals surface area contributed by atoms with Gasteiger partial charge < -0.3 is 19.3 Å². The van der Waals surface area contributed by atoms with Crippen LogP contribution >= 0.6 is 0 Å². The molecule has 1 N–H and O–H groups in total. The van der Waals surface area contributed by atoms with Crippen molar-refractivity contribution < 1.29 is 19.3 Å². The molecule has 0 bridgehead atoms. The van der Waals surface area contributed by atoms with E-state index in [0.717, 1.165) is 23.3 Å². The molecule has 1 heterocycles. The van der Waals surface area contributed by atoms with Gasteiger partial charge in [-0.05, 0) is 30.2 Å². The van der Waals surface area contributed by atoms with Crippen molar-refractivity contribution in [2.75, 3.05) is 20.8 Å². The number of methoxy groups -OCH3 is 2. The van der Waals surface area contributed by atoms with E-state index in [1.165, 1.54) is 14.2 Å². The topological polar surface area (TPSA) is 47.9 Å². The third-order valence-corrected chi connectivity index (χ3v) is 3.16. The van der Waals surface area contributed by atoms with Crippen LogP contribution in [0.25, 0.3) is 0 Å². The van der Waals surface area contributed by atoms with Gasteiger partial charge in [0.25, 0.3) is 0 Å². The Balaban J connectivity index is 2.32. The summed E-state index contributed by atoms with van der Waals surface area (Å²) in [7, 11) is 3.03. The van der Waals surface area contributed by atoms with Crippen LogP contribution in [0.1, 0.15) is 18.1 Å². The van der Waals surface area contributed by atoms with Gasteiger partial charge in [-0.2, -0.15) is 0 Å². The number of hydrogen-bond donors (Lipinski definition) is 1. The maximum Gasteiger partial charge on any atom is 0.189 e. The zero-order valence-corrected chi connectivity index (χ0v) is 10.4. The fraction of sp³-hybridized carbons (Fsp3) is 0.538. The minimum absolute atomic E-state index is 0.692. The van der Waals surface area contributed by atoms with E-state index in [0.29, 0.717) is 6.61 Å². The van der Waals surface area contributed by atoms with Crippen molar-refractivity contribution in [3.8, 4) is 5.75 Å². The Labute approximate surface area is 101 Å². The normalized spacial score (nSPS) is 17.7. The van der Waals surface area contributed by atoms with Gasteiger partial charge in [-0.25, -0.2) is 0 Å². The van der Waals surface area contributed by atoms with Crippen LogP contribution in [0.3, 0.4) is 0 Å². The van der Waals surface area contributed by atoms with Gasteiger partial charge in [-0.1, -0.05) is 6.07 Å². The molecule has 1 aromatic rings. The molecule has 17 heavy (non-hydrogen) atoms. The minimum atomic E-state index is -1.18. The van der Waals surface area contributed by atoms with E-state index in [2.05, 4.69) is 0 Å². The van der Waals surface area contributed by atoms with E-state index >= 15 is 0 Å². The first kappa shape index (κ1) is 12.4. The van der Waals surface area contributed by atoms with Crippen LogP contribution in [0.15, 0.2) is 18.2 Å². The minimum Gasteiger partial charge on any atom is -0.493 e. The number of aliphatic hydroxyl groups is 1. The zero-order chi connectivity index (χ0) is 12.5. The summed E-state index contributed by atoms with van der Waals surface area (Å²) in [6.07, 6.45) is 0.187. The molecular formula is C13H18O4. The first-order chi connectivity index (χ1) is 8.09. The second-order valence-corrected chi connectivity index (χ2v) is 4.37. The van der Waals surface area contributed by atoms with Gasteiger partial charge in [0.2, 0.25) is 0 Å². The lowest BCUT2D eigenvalue weighted by Crippen LogP contribution is -2.39. The summed E-state index contributed by atoms with van der Waals surface area (Å²) >= 11 is 0. The average Bonchev–Trinajstić information content (AvgIpc) is 2.77. The Morgan fingerprint density at radius 3 is 2.71 bits per heavy atom. The van der Waals surface area contributed by atoms with E-state index in [1.54, 1.807) is 6.92 Å². The SMILES string of the molecule is COC(OC)C(C)(O)c1ccc2c(c1)CCO2. The Morgan fingerprint density at radius 2 is 2.06 bits per heavy atom. The van der Waals surface area contributed by atoms with Gasteiger partial charge in [-0.15, -0.1) is 0 Å². The standard InChI is InChI=1S/C13H18O4/c1-13(14,12(15-2)16-3)10-4-5-11-9(8-10)6-7-17-11/h4-5,8,12,14H,6-7H2,1-3H3. The summed E-state index contributed by atoms with van der Waals surface area (Å²) in [6, 6.07) is 5.68. The van der Waals surface area contributed by atoms with Crippen molar-refractivity contribution in [2.45, 2.75) is 25.2 Å². The van der Waals surface area contributed by atoms with Crippen molar-refractivity contribution in [2.24, 2.45) is 0 Å². The first-order valence-corrected chi connectivity index (χ1v) is 5.63. The number of rotatable bonds is 4. The predicted octanol–water partition coefficient (Wildman–Crippen LogP) is 1.45. The van der Waals surface area contributed by atoms with Gasteiger partial charge in [0.15, 0.2) is 6.29 Å². The third-order valence-electron chi connectivity index (χ3n) is 3.16. The zero-order valence-electron chi connectivity index (χ0n) is 10.4. The van der Waals surface area contributed by atoms with Crippen LogP contribution in [0.4, 0.5) is 0 Å². The maximum atomic E-state index is 10.5. The molecule has 0 amide bonds. The van der Waals surface area contributed by atoms with E-state index in [1.807, 2.05) is 18.2 Å². The van der Waals surface area contributed by atoms with Crippen LogP contribution in [0.5, 0.6) is 5.75 Å². The molecule has 0 saturated heterocycles. The molecule has 0 fully saturated rings.